The van der Waals surface area contributed by atoms with Crippen molar-refractivity contribution in [3.8, 4) is 78.4 Å². The fourth-order valence-corrected chi connectivity index (χ4v) is 22.6. The Balaban J connectivity index is 0.0000000953. The monoisotopic (exact) mass is 1760 g/mol. The van der Waals surface area contributed by atoms with Gasteiger partial charge in [0.05, 0.1) is 71.9 Å². The van der Waals surface area contributed by atoms with Crippen LogP contribution in [0.1, 0.15) is 0 Å². The maximum atomic E-state index is 2.47. The van der Waals surface area contributed by atoms with Crippen LogP contribution in [0.25, 0.3) is 253 Å². The molecule has 29 rings (SSSR count). The van der Waals surface area contributed by atoms with Crippen LogP contribution in [-0.2, 0) is 28.2 Å². The minimum absolute atomic E-state index is 1.17. The lowest BCUT2D eigenvalue weighted by Gasteiger charge is -2.15. The Morgan fingerprint density at radius 2 is 0.341 bits per heavy atom. The molecule has 652 valence electrons. The molecule has 8 aromatic heterocycles. The van der Waals surface area contributed by atoms with E-state index in [0.29, 0.717) is 0 Å². The van der Waals surface area contributed by atoms with E-state index >= 15 is 0 Å². The standard InChI is InChI=1S/C37H26N2.3C31H22N2/c1-38-34-16-7-5-14-30(34)32-22-23-33-31-15-6-8-17-35(31)39(37(33)36(32)38)29-20-18-26(19-21-29)28-13-9-12-27(24-28)25-10-3-2-4-11-25;1-32-27-16-8-6-14-23(27)25-19-20-26-24-15-7-10-18-29(24)33(31(26)30(25)32)28-17-9-5-13-22(28)21-11-3-2-4-12-21;1-32-28-16-7-5-14-24(28)26-18-19-27-25-15-6-8-17-29(25)33(31(27)30(26)32)23-13-9-12-22(20-23)21-10-3-2-4-11-21;1-32-28-13-7-5-11-24(28)26-19-20-27-25-12-6-8-14-29(25)33(31(27)30(26)32)23-17-15-22(16-18-23)21-9-3-2-4-10-21/h2-24H,1H3;3*2-20H,1H3. The summed E-state index contributed by atoms with van der Waals surface area (Å²) in [6.45, 7) is 0. The summed E-state index contributed by atoms with van der Waals surface area (Å²) in [5, 5.41) is 20.6. The highest BCUT2D eigenvalue weighted by atomic mass is 15.1. The van der Waals surface area contributed by atoms with E-state index in [0.717, 1.165) is 0 Å². The van der Waals surface area contributed by atoms with Gasteiger partial charge < -0.3 is 36.5 Å². The van der Waals surface area contributed by atoms with Crippen molar-refractivity contribution < 1.29 is 0 Å². The predicted molar refractivity (Wildman–Crippen MR) is 586 cm³/mol. The summed E-state index contributed by atoms with van der Waals surface area (Å²) in [4.78, 5) is 0. The molecule has 0 aliphatic rings. The molecule has 0 aliphatic heterocycles. The van der Waals surface area contributed by atoms with E-state index in [9.17, 15) is 0 Å². The van der Waals surface area contributed by atoms with Crippen LogP contribution >= 0.6 is 0 Å². The molecular weight excluding hydrogens is 1670 g/mol. The summed E-state index contributed by atoms with van der Waals surface area (Å²) in [6, 6.07) is 175. The highest BCUT2D eigenvalue weighted by Crippen LogP contribution is 2.48. The van der Waals surface area contributed by atoms with Crippen molar-refractivity contribution in [2.45, 2.75) is 0 Å². The van der Waals surface area contributed by atoms with E-state index in [2.05, 4.69) is 550 Å². The second-order valence-electron chi connectivity index (χ2n) is 36.4. The lowest BCUT2D eigenvalue weighted by Crippen LogP contribution is -1.99. The number of rotatable bonds is 9. The third-order valence-electron chi connectivity index (χ3n) is 28.9. The zero-order chi connectivity index (χ0) is 91.7. The molecule has 0 bridgehead atoms. The normalized spacial score (nSPS) is 11.8. The van der Waals surface area contributed by atoms with E-state index in [1.807, 2.05) is 0 Å². The Morgan fingerprint density at radius 3 is 0.681 bits per heavy atom. The number of fused-ring (bicyclic) bond motifs is 28. The predicted octanol–water partition coefficient (Wildman–Crippen LogP) is 34.0. The lowest BCUT2D eigenvalue weighted by atomic mass is 9.99. The topological polar surface area (TPSA) is 39.4 Å². The van der Waals surface area contributed by atoms with Crippen LogP contribution < -0.4 is 0 Å². The van der Waals surface area contributed by atoms with Gasteiger partial charge in [0.15, 0.2) is 0 Å². The van der Waals surface area contributed by atoms with Crippen molar-refractivity contribution >= 4 is 174 Å². The molecule has 0 amide bonds. The molecular formula is C130H92N8. The molecule has 0 radical (unpaired) electrons. The molecule has 0 aliphatic carbocycles. The van der Waals surface area contributed by atoms with Crippen LogP contribution in [0.5, 0.6) is 0 Å². The molecule has 0 saturated carbocycles. The Hall–Kier alpha value is -18.0. The maximum Gasteiger partial charge on any atom is 0.0785 e. The summed E-state index contributed by atoms with van der Waals surface area (Å²) >= 11 is 0. The van der Waals surface area contributed by atoms with Gasteiger partial charge in [0, 0.05) is 159 Å². The van der Waals surface area contributed by atoms with E-state index in [4.69, 9.17) is 0 Å². The summed E-state index contributed by atoms with van der Waals surface area (Å²) in [5.74, 6) is 0. The highest BCUT2D eigenvalue weighted by Gasteiger charge is 2.26. The Morgan fingerprint density at radius 1 is 0.123 bits per heavy atom. The summed E-state index contributed by atoms with van der Waals surface area (Å²) < 4.78 is 19.2. The van der Waals surface area contributed by atoms with Gasteiger partial charge in [0.2, 0.25) is 0 Å². The third-order valence-corrected chi connectivity index (χ3v) is 28.9. The lowest BCUT2D eigenvalue weighted by molar-refractivity contribution is 1.01. The summed E-state index contributed by atoms with van der Waals surface area (Å²) in [5.41, 5.74) is 37.1. The second-order valence-corrected chi connectivity index (χ2v) is 36.4. The van der Waals surface area contributed by atoms with Crippen LogP contribution in [0.3, 0.4) is 0 Å². The van der Waals surface area contributed by atoms with Gasteiger partial charge in [-0.25, -0.2) is 0 Å². The van der Waals surface area contributed by atoms with Gasteiger partial charge in [-0.1, -0.05) is 388 Å². The quantitative estimate of drug-likeness (QED) is 0.138. The zero-order valence-corrected chi connectivity index (χ0v) is 76.8. The molecule has 0 N–H and O–H groups in total. The van der Waals surface area contributed by atoms with Crippen LogP contribution in [0, 0.1) is 0 Å². The fourth-order valence-electron chi connectivity index (χ4n) is 22.6. The first-order valence-electron chi connectivity index (χ1n) is 47.5. The van der Waals surface area contributed by atoms with Crippen molar-refractivity contribution in [2.24, 2.45) is 28.2 Å². The molecule has 29 aromatic rings. The van der Waals surface area contributed by atoms with Gasteiger partial charge >= 0.3 is 0 Å². The molecule has 0 saturated heterocycles. The molecule has 0 atom stereocenters. The molecule has 0 fully saturated rings. The van der Waals surface area contributed by atoms with E-state index in [-0.39, 0.29) is 0 Å². The SMILES string of the molecule is Cn1c2ccccc2c2ccc3c4ccccc4n(-c4ccc(-c5cccc(-c6ccccc6)c5)cc4)c3c21.Cn1c2ccccc2c2ccc3c4ccccc4n(-c4ccc(-c5ccccc5)cc4)c3c21.Cn1c2ccccc2c2ccc3c4ccccc4n(-c4cccc(-c5ccccc5)c4)c3c21.Cn1c2ccccc2c2ccc3c4ccccc4n(-c4ccccc4-c4ccccc4)c3c21. The van der Waals surface area contributed by atoms with Gasteiger partial charge in [0.25, 0.3) is 0 Å². The van der Waals surface area contributed by atoms with Crippen LogP contribution in [0.2, 0.25) is 0 Å². The maximum absolute atomic E-state index is 2.47. The second kappa shape index (κ2) is 33.0. The number of nitrogens with zero attached hydrogens (tertiary/aromatic N) is 8. The fraction of sp³-hybridized carbons (Fsp3) is 0.0308. The van der Waals surface area contributed by atoms with Crippen molar-refractivity contribution in [1.29, 1.82) is 0 Å². The van der Waals surface area contributed by atoms with E-state index in [1.165, 1.54) is 253 Å². The average Bonchev–Trinajstić information content (AvgIpc) is 1.57. The van der Waals surface area contributed by atoms with Crippen molar-refractivity contribution in [3.63, 3.8) is 0 Å². The van der Waals surface area contributed by atoms with Crippen LogP contribution in [0.4, 0.5) is 0 Å². The van der Waals surface area contributed by atoms with Gasteiger partial charge in [-0.15, -0.1) is 0 Å². The molecule has 21 aromatic carbocycles. The number of para-hydroxylation sites is 9. The largest absolute Gasteiger partial charge is 0.342 e. The minimum atomic E-state index is 1.17. The number of hydrogen-bond donors (Lipinski definition) is 0. The number of hydrogen-bond acceptors (Lipinski definition) is 0. The number of benzene rings is 21. The van der Waals surface area contributed by atoms with E-state index in [1.54, 1.807) is 0 Å². The molecule has 8 heteroatoms. The molecule has 0 unspecified atom stereocenters. The molecule has 138 heavy (non-hydrogen) atoms. The number of aromatic nitrogens is 8. The van der Waals surface area contributed by atoms with Gasteiger partial charge in [-0.05, 0) is 147 Å². The zero-order valence-electron chi connectivity index (χ0n) is 76.8. The van der Waals surface area contributed by atoms with Gasteiger partial charge in [0.1, 0.15) is 0 Å². The minimum Gasteiger partial charge on any atom is -0.342 e. The smallest absolute Gasteiger partial charge is 0.0785 e. The van der Waals surface area contributed by atoms with Gasteiger partial charge in [-0.3, -0.25) is 0 Å². The Kier molecular flexibility index (Phi) is 19.4. The molecule has 8 nitrogen and oxygen atoms in total. The van der Waals surface area contributed by atoms with Crippen molar-refractivity contribution in [2.75, 3.05) is 0 Å². The summed E-state index contributed by atoms with van der Waals surface area (Å²) in [6.07, 6.45) is 0. The summed E-state index contributed by atoms with van der Waals surface area (Å²) in [7, 11) is 8.75. The number of aryl methyl sites for hydroxylation is 4. The highest BCUT2D eigenvalue weighted by molar-refractivity contribution is 6.28. The van der Waals surface area contributed by atoms with Crippen LogP contribution in [-0.4, -0.2) is 36.5 Å². The first kappa shape index (κ1) is 80.8. The Bertz CT molecular complexity index is 9860. The van der Waals surface area contributed by atoms with Crippen LogP contribution in [0.15, 0.2) is 485 Å². The first-order chi connectivity index (χ1) is 68.2. The molecule has 8 heterocycles. The first-order valence-corrected chi connectivity index (χ1v) is 47.5. The van der Waals surface area contributed by atoms with E-state index < -0.39 is 0 Å². The van der Waals surface area contributed by atoms with Crippen molar-refractivity contribution in [1.82, 2.24) is 36.5 Å². The third kappa shape index (κ3) is 13.0. The molecule has 0 spiro atoms. The van der Waals surface area contributed by atoms with Crippen molar-refractivity contribution in [3.05, 3.63) is 485 Å². The Labute approximate surface area is 797 Å². The average molecular weight is 1770 g/mol. The van der Waals surface area contributed by atoms with Gasteiger partial charge in [-0.2, -0.15) is 0 Å².